The van der Waals surface area contributed by atoms with Crippen LogP contribution in [0.1, 0.15) is 28.8 Å². The van der Waals surface area contributed by atoms with Gasteiger partial charge in [0.2, 0.25) is 5.91 Å². The molecule has 1 saturated heterocycles. The number of carbonyl (C=O) groups is 1. The van der Waals surface area contributed by atoms with Gasteiger partial charge in [0.15, 0.2) is 5.13 Å². The first-order chi connectivity index (χ1) is 13.5. The van der Waals surface area contributed by atoms with E-state index in [1.165, 1.54) is 0 Å². The smallest absolute Gasteiger partial charge is 0.246 e. The highest BCUT2D eigenvalue weighted by atomic mass is 32.1. The molecule has 8 nitrogen and oxygen atoms in total. The molecular formula is C19H21N7OS. The number of rotatable bonds is 5. The van der Waals surface area contributed by atoms with Gasteiger partial charge < -0.3 is 10.2 Å². The van der Waals surface area contributed by atoms with Gasteiger partial charge in [-0.15, -0.1) is 11.3 Å². The molecule has 144 valence electrons. The number of aromatic nitrogens is 5. The lowest BCUT2D eigenvalue weighted by Gasteiger charge is -2.38. The molecule has 9 heteroatoms. The summed E-state index contributed by atoms with van der Waals surface area (Å²) in [4.78, 5) is 27.6. The molecule has 28 heavy (non-hydrogen) atoms. The van der Waals surface area contributed by atoms with E-state index in [9.17, 15) is 4.79 Å². The molecule has 0 aliphatic carbocycles. The first kappa shape index (κ1) is 18.3. The molecule has 4 heterocycles. The number of aryl methyl sites for hydroxylation is 3. The summed E-state index contributed by atoms with van der Waals surface area (Å²) in [5.74, 6) is 1.65. The van der Waals surface area contributed by atoms with E-state index < -0.39 is 0 Å². The van der Waals surface area contributed by atoms with Gasteiger partial charge in [-0.05, 0) is 26.0 Å². The predicted octanol–water partition coefficient (Wildman–Crippen LogP) is 2.67. The fourth-order valence-corrected chi connectivity index (χ4v) is 3.74. The first-order valence-corrected chi connectivity index (χ1v) is 9.85. The van der Waals surface area contributed by atoms with Crippen molar-refractivity contribution in [1.29, 1.82) is 0 Å². The number of likely N-dealkylation sites (tertiary alicyclic amines) is 1. The van der Waals surface area contributed by atoms with Crippen LogP contribution in [-0.2, 0) is 11.8 Å². The molecule has 0 unspecified atom stereocenters. The van der Waals surface area contributed by atoms with Crippen molar-refractivity contribution in [3.63, 3.8) is 0 Å². The maximum atomic E-state index is 12.3. The standard InChI is InChI=1S/C19H21N7OS/c1-12-11-28-19(21-12)24-17-8-16(22-13(2)23-17)14-9-26(10-14)18(27)5-4-15-6-7-20-25(15)3/h4-8,11,14H,9-10H2,1-3H3,(H,21,22,23,24). The van der Waals surface area contributed by atoms with E-state index in [0.717, 1.165) is 28.0 Å². The monoisotopic (exact) mass is 395 g/mol. The average molecular weight is 395 g/mol. The number of thiazole rings is 1. The second-order valence-electron chi connectivity index (χ2n) is 6.80. The average Bonchev–Trinajstić information content (AvgIpc) is 3.19. The maximum absolute atomic E-state index is 12.3. The molecule has 0 radical (unpaired) electrons. The summed E-state index contributed by atoms with van der Waals surface area (Å²) in [6, 6.07) is 3.81. The van der Waals surface area contributed by atoms with Crippen LogP contribution in [0.2, 0.25) is 0 Å². The first-order valence-electron chi connectivity index (χ1n) is 8.97. The lowest BCUT2D eigenvalue weighted by Crippen LogP contribution is -2.48. The predicted molar refractivity (Wildman–Crippen MR) is 108 cm³/mol. The lowest BCUT2D eigenvalue weighted by molar-refractivity contribution is -0.130. The van der Waals surface area contributed by atoms with Gasteiger partial charge in [0.25, 0.3) is 0 Å². The van der Waals surface area contributed by atoms with Crippen molar-refractivity contribution in [1.82, 2.24) is 29.6 Å². The third kappa shape index (κ3) is 3.94. The Labute approximate surface area is 167 Å². The molecule has 3 aromatic heterocycles. The number of hydrogen-bond donors (Lipinski definition) is 1. The van der Waals surface area contributed by atoms with Crippen molar-refractivity contribution >= 4 is 34.3 Å². The molecule has 3 aromatic rings. The summed E-state index contributed by atoms with van der Waals surface area (Å²) in [6.07, 6.45) is 5.09. The SMILES string of the molecule is Cc1csc(Nc2cc(C3CN(C(=O)C=Cc4ccnn4C)C3)nc(C)n2)n1. The molecule has 1 aliphatic heterocycles. The molecule has 0 spiro atoms. The molecule has 0 aromatic carbocycles. The van der Waals surface area contributed by atoms with E-state index in [0.29, 0.717) is 18.9 Å². The number of hydrogen-bond acceptors (Lipinski definition) is 7. The van der Waals surface area contributed by atoms with Crippen LogP contribution >= 0.6 is 11.3 Å². The van der Waals surface area contributed by atoms with Crippen LogP contribution < -0.4 is 5.32 Å². The van der Waals surface area contributed by atoms with Gasteiger partial charge in [-0.3, -0.25) is 9.48 Å². The minimum Gasteiger partial charge on any atom is -0.338 e. The highest BCUT2D eigenvalue weighted by Crippen LogP contribution is 2.28. The number of nitrogens with zero attached hydrogens (tertiary/aromatic N) is 6. The largest absolute Gasteiger partial charge is 0.338 e. The van der Waals surface area contributed by atoms with E-state index in [1.54, 1.807) is 34.4 Å². The Kier molecular flexibility index (Phi) is 4.91. The molecule has 0 saturated carbocycles. The van der Waals surface area contributed by atoms with Gasteiger partial charge in [0.1, 0.15) is 11.6 Å². The molecule has 1 amide bonds. The van der Waals surface area contributed by atoms with Crippen LogP contribution in [0.3, 0.4) is 0 Å². The summed E-state index contributed by atoms with van der Waals surface area (Å²) in [5, 5.41) is 10.1. The number of carbonyl (C=O) groups excluding carboxylic acids is 1. The third-order valence-corrected chi connectivity index (χ3v) is 5.45. The van der Waals surface area contributed by atoms with Crippen molar-refractivity contribution in [3.8, 4) is 0 Å². The van der Waals surface area contributed by atoms with E-state index in [1.807, 2.05) is 43.3 Å². The zero-order valence-corrected chi connectivity index (χ0v) is 16.8. The van der Waals surface area contributed by atoms with Crippen LogP contribution in [0.25, 0.3) is 6.08 Å². The zero-order chi connectivity index (χ0) is 19.7. The Morgan fingerprint density at radius 1 is 1.29 bits per heavy atom. The van der Waals surface area contributed by atoms with Gasteiger partial charge in [-0.25, -0.2) is 15.0 Å². The second-order valence-corrected chi connectivity index (χ2v) is 7.66. The Bertz CT molecular complexity index is 1030. The molecular weight excluding hydrogens is 374 g/mol. The highest BCUT2D eigenvalue weighted by molar-refractivity contribution is 7.13. The molecule has 4 rings (SSSR count). The minimum atomic E-state index is -0.000151. The summed E-state index contributed by atoms with van der Waals surface area (Å²) < 4.78 is 1.73. The fraction of sp³-hybridized carbons (Fsp3) is 0.316. The maximum Gasteiger partial charge on any atom is 0.246 e. The van der Waals surface area contributed by atoms with Gasteiger partial charge in [-0.1, -0.05) is 0 Å². The lowest BCUT2D eigenvalue weighted by atomic mass is 9.95. The number of anilines is 2. The Hall–Kier alpha value is -3.07. The molecule has 1 fully saturated rings. The summed E-state index contributed by atoms with van der Waals surface area (Å²) in [6.45, 7) is 5.14. The third-order valence-electron chi connectivity index (χ3n) is 4.58. The summed E-state index contributed by atoms with van der Waals surface area (Å²) >= 11 is 1.54. The number of amides is 1. The summed E-state index contributed by atoms with van der Waals surface area (Å²) in [5.41, 5.74) is 2.82. The van der Waals surface area contributed by atoms with Crippen molar-refractivity contribution in [3.05, 3.63) is 52.7 Å². The van der Waals surface area contributed by atoms with E-state index in [-0.39, 0.29) is 11.8 Å². The Morgan fingerprint density at radius 3 is 2.79 bits per heavy atom. The Morgan fingerprint density at radius 2 is 2.11 bits per heavy atom. The van der Waals surface area contributed by atoms with Crippen molar-refractivity contribution in [2.24, 2.45) is 7.05 Å². The molecule has 0 atom stereocenters. The molecule has 1 N–H and O–H groups in total. The molecule has 1 aliphatic rings. The zero-order valence-electron chi connectivity index (χ0n) is 16.0. The number of nitrogens with one attached hydrogen (secondary N) is 1. The van der Waals surface area contributed by atoms with Crippen LogP contribution in [0, 0.1) is 13.8 Å². The van der Waals surface area contributed by atoms with Crippen molar-refractivity contribution < 1.29 is 4.79 Å². The van der Waals surface area contributed by atoms with Crippen LogP contribution in [0.4, 0.5) is 10.9 Å². The highest BCUT2D eigenvalue weighted by Gasteiger charge is 2.32. The second kappa shape index (κ2) is 7.51. The van der Waals surface area contributed by atoms with Crippen molar-refractivity contribution in [2.45, 2.75) is 19.8 Å². The van der Waals surface area contributed by atoms with E-state index in [2.05, 4.69) is 25.4 Å². The van der Waals surface area contributed by atoms with Gasteiger partial charge in [0.05, 0.1) is 17.1 Å². The minimum absolute atomic E-state index is 0.000151. The van der Waals surface area contributed by atoms with Gasteiger partial charge in [-0.2, -0.15) is 5.10 Å². The quantitative estimate of drug-likeness (QED) is 0.668. The topological polar surface area (TPSA) is 88.8 Å². The van der Waals surface area contributed by atoms with Crippen LogP contribution in [-0.4, -0.2) is 48.6 Å². The molecule has 0 bridgehead atoms. The van der Waals surface area contributed by atoms with Crippen molar-refractivity contribution in [2.75, 3.05) is 18.4 Å². The van der Waals surface area contributed by atoms with Gasteiger partial charge in [0, 0.05) is 49.8 Å². The normalized spacial score (nSPS) is 14.5. The Balaban J connectivity index is 1.39. The van der Waals surface area contributed by atoms with E-state index >= 15 is 0 Å². The fourth-order valence-electron chi connectivity index (χ4n) is 3.04. The van der Waals surface area contributed by atoms with Crippen LogP contribution in [0.5, 0.6) is 0 Å². The van der Waals surface area contributed by atoms with Gasteiger partial charge >= 0.3 is 0 Å². The summed E-state index contributed by atoms with van der Waals surface area (Å²) in [7, 11) is 1.85. The van der Waals surface area contributed by atoms with E-state index in [4.69, 9.17) is 0 Å². The van der Waals surface area contributed by atoms with Crippen LogP contribution in [0.15, 0.2) is 29.8 Å².